The summed E-state index contributed by atoms with van der Waals surface area (Å²) in [6, 6.07) is 2.16. The molecule has 0 bridgehead atoms. The monoisotopic (exact) mass is 307 g/mol. The first-order valence-corrected chi connectivity index (χ1v) is 8.02. The molecule has 0 fully saturated rings. The van der Waals surface area contributed by atoms with Gasteiger partial charge < -0.3 is 4.98 Å². The van der Waals surface area contributed by atoms with E-state index < -0.39 is 0 Å². The highest BCUT2D eigenvalue weighted by Gasteiger charge is 2.19. The van der Waals surface area contributed by atoms with E-state index in [9.17, 15) is 0 Å². The van der Waals surface area contributed by atoms with Gasteiger partial charge in [-0.3, -0.25) is 9.58 Å². The first kappa shape index (κ1) is 14.6. The highest BCUT2D eigenvalue weighted by molar-refractivity contribution is 6.30. The number of rotatable bonds is 5. The number of H-pyrrole nitrogens is 1. The number of hydrogen-bond donors (Lipinski definition) is 1. The van der Waals surface area contributed by atoms with E-state index in [1.165, 1.54) is 12.1 Å². The van der Waals surface area contributed by atoms with Gasteiger partial charge in [0, 0.05) is 26.1 Å². The normalized spacial score (nSPS) is 15.4. The molecule has 0 amide bonds. The SMILES string of the molecule is CCCCc1nc(Cl)c(CN2CCn3nc(C)cc3C2)[nH]1. The van der Waals surface area contributed by atoms with Gasteiger partial charge in [-0.05, 0) is 19.4 Å². The van der Waals surface area contributed by atoms with Gasteiger partial charge in [0.05, 0.1) is 23.6 Å². The van der Waals surface area contributed by atoms with Crippen LogP contribution in [0.5, 0.6) is 0 Å². The average Bonchev–Trinajstić information content (AvgIpc) is 2.98. The van der Waals surface area contributed by atoms with Crippen LogP contribution in [0.1, 0.15) is 42.7 Å². The number of aryl methyl sites for hydroxylation is 2. The Morgan fingerprint density at radius 3 is 3.05 bits per heavy atom. The van der Waals surface area contributed by atoms with Crippen molar-refractivity contribution < 1.29 is 0 Å². The van der Waals surface area contributed by atoms with Crippen molar-refractivity contribution in [1.29, 1.82) is 0 Å². The smallest absolute Gasteiger partial charge is 0.151 e. The lowest BCUT2D eigenvalue weighted by atomic mass is 10.2. The Labute approximate surface area is 130 Å². The molecule has 0 radical (unpaired) electrons. The van der Waals surface area contributed by atoms with E-state index in [0.29, 0.717) is 5.15 Å². The van der Waals surface area contributed by atoms with Crippen LogP contribution in [0.3, 0.4) is 0 Å². The number of aromatic amines is 1. The maximum atomic E-state index is 6.26. The summed E-state index contributed by atoms with van der Waals surface area (Å²) >= 11 is 6.26. The van der Waals surface area contributed by atoms with Gasteiger partial charge in [0.2, 0.25) is 0 Å². The van der Waals surface area contributed by atoms with E-state index in [2.05, 4.69) is 37.6 Å². The lowest BCUT2D eigenvalue weighted by molar-refractivity contribution is 0.203. The third-order valence-electron chi connectivity index (χ3n) is 3.93. The summed E-state index contributed by atoms with van der Waals surface area (Å²) in [4.78, 5) is 10.2. The van der Waals surface area contributed by atoms with Gasteiger partial charge in [0.1, 0.15) is 5.82 Å². The number of imidazole rings is 1. The largest absolute Gasteiger partial charge is 0.344 e. The van der Waals surface area contributed by atoms with Crippen LogP contribution in [0.4, 0.5) is 0 Å². The second kappa shape index (κ2) is 6.20. The van der Waals surface area contributed by atoms with Crippen molar-refractivity contribution >= 4 is 11.6 Å². The zero-order valence-electron chi connectivity index (χ0n) is 12.7. The van der Waals surface area contributed by atoms with Gasteiger partial charge in [-0.15, -0.1) is 0 Å². The Morgan fingerprint density at radius 2 is 2.24 bits per heavy atom. The van der Waals surface area contributed by atoms with Crippen LogP contribution >= 0.6 is 11.6 Å². The number of halogens is 1. The number of unbranched alkanes of at least 4 members (excludes halogenated alkanes) is 1. The van der Waals surface area contributed by atoms with Crippen molar-refractivity contribution in [3.8, 4) is 0 Å². The molecule has 0 saturated heterocycles. The van der Waals surface area contributed by atoms with E-state index in [1.54, 1.807) is 0 Å². The molecule has 0 spiro atoms. The maximum absolute atomic E-state index is 6.26. The van der Waals surface area contributed by atoms with Gasteiger partial charge in [-0.1, -0.05) is 24.9 Å². The highest BCUT2D eigenvalue weighted by atomic mass is 35.5. The van der Waals surface area contributed by atoms with Crippen molar-refractivity contribution in [2.45, 2.75) is 52.7 Å². The third-order valence-corrected chi connectivity index (χ3v) is 4.24. The van der Waals surface area contributed by atoms with Gasteiger partial charge in [0.15, 0.2) is 5.15 Å². The zero-order valence-corrected chi connectivity index (χ0v) is 13.4. The summed E-state index contributed by atoms with van der Waals surface area (Å²) in [5.41, 5.74) is 3.40. The number of aromatic nitrogens is 4. The lowest BCUT2D eigenvalue weighted by Crippen LogP contribution is -2.33. The van der Waals surface area contributed by atoms with Crippen molar-refractivity contribution in [1.82, 2.24) is 24.6 Å². The first-order chi connectivity index (χ1) is 10.2. The molecule has 3 heterocycles. The Balaban J connectivity index is 1.66. The first-order valence-electron chi connectivity index (χ1n) is 7.64. The molecule has 5 nitrogen and oxygen atoms in total. The predicted molar refractivity (Wildman–Crippen MR) is 83.3 cm³/mol. The number of nitrogens with zero attached hydrogens (tertiary/aromatic N) is 4. The zero-order chi connectivity index (χ0) is 14.8. The quantitative estimate of drug-likeness (QED) is 0.924. The molecule has 3 rings (SSSR count). The van der Waals surface area contributed by atoms with Crippen molar-refractivity contribution in [2.75, 3.05) is 6.54 Å². The van der Waals surface area contributed by atoms with Crippen molar-refractivity contribution in [3.05, 3.63) is 34.1 Å². The molecule has 1 N–H and O–H groups in total. The summed E-state index contributed by atoms with van der Waals surface area (Å²) in [5, 5.41) is 5.11. The van der Waals surface area contributed by atoms with Crippen LogP contribution in [0, 0.1) is 6.92 Å². The minimum absolute atomic E-state index is 0.622. The molecule has 0 atom stereocenters. The molecule has 0 saturated carbocycles. The summed E-state index contributed by atoms with van der Waals surface area (Å²) < 4.78 is 2.10. The van der Waals surface area contributed by atoms with E-state index in [4.69, 9.17) is 11.6 Å². The molecule has 0 unspecified atom stereocenters. The van der Waals surface area contributed by atoms with Crippen LogP contribution in [0.25, 0.3) is 0 Å². The Bertz CT molecular complexity index is 616. The molecular formula is C15H22ClN5. The molecule has 6 heteroatoms. The van der Waals surface area contributed by atoms with Crippen LogP contribution in [0.15, 0.2) is 6.07 Å². The maximum Gasteiger partial charge on any atom is 0.151 e. The standard InChI is InChI=1S/C15H22ClN5/c1-3-4-5-14-17-13(15(16)18-14)10-20-6-7-21-12(9-20)8-11(2)19-21/h8H,3-7,9-10H2,1-2H3,(H,17,18). The number of nitrogens with one attached hydrogen (secondary N) is 1. The second-order valence-electron chi connectivity index (χ2n) is 5.77. The summed E-state index contributed by atoms with van der Waals surface area (Å²) in [5.74, 6) is 1.01. The van der Waals surface area contributed by atoms with E-state index in [0.717, 1.165) is 56.2 Å². The lowest BCUT2D eigenvalue weighted by Gasteiger charge is -2.27. The Hall–Kier alpha value is -1.33. The Morgan fingerprint density at radius 1 is 1.38 bits per heavy atom. The average molecular weight is 308 g/mol. The van der Waals surface area contributed by atoms with Crippen LogP contribution in [-0.4, -0.2) is 31.2 Å². The van der Waals surface area contributed by atoms with Crippen molar-refractivity contribution in [2.24, 2.45) is 0 Å². The Kier molecular flexibility index (Phi) is 4.31. The molecule has 114 valence electrons. The van der Waals surface area contributed by atoms with Crippen LogP contribution in [0.2, 0.25) is 5.15 Å². The molecule has 2 aromatic rings. The number of fused-ring (bicyclic) bond motifs is 1. The van der Waals surface area contributed by atoms with E-state index in [-0.39, 0.29) is 0 Å². The molecule has 1 aliphatic rings. The topological polar surface area (TPSA) is 49.7 Å². The van der Waals surface area contributed by atoms with Gasteiger partial charge in [0.25, 0.3) is 0 Å². The van der Waals surface area contributed by atoms with E-state index >= 15 is 0 Å². The van der Waals surface area contributed by atoms with Gasteiger partial charge in [-0.25, -0.2) is 4.98 Å². The molecular weight excluding hydrogens is 286 g/mol. The number of hydrogen-bond acceptors (Lipinski definition) is 3. The summed E-state index contributed by atoms with van der Waals surface area (Å²) in [7, 11) is 0. The second-order valence-corrected chi connectivity index (χ2v) is 6.13. The molecule has 0 aliphatic carbocycles. The third kappa shape index (κ3) is 3.30. The minimum Gasteiger partial charge on any atom is -0.344 e. The fourth-order valence-electron chi connectivity index (χ4n) is 2.83. The predicted octanol–water partition coefficient (Wildman–Crippen LogP) is 2.93. The summed E-state index contributed by atoms with van der Waals surface area (Å²) in [6.07, 6.45) is 3.29. The van der Waals surface area contributed by atoms with Crippen molar-refractivity contribution in [3.63, 3.8) is 0 Å². The molecule has 1 aliphatic heterocycles. The fraction of sp³-hybridized carbons (Fsp3) is 0.600. The van der Waals surface area contributed by atoms with Gasteiger partial charge >= 0.3 is 0 Å². The van der Waals surface area contributed by atoms with Gasteiger partial charge in [-0.2, -0.15) is 5.10 Å². The van der Waals surface area contributed by atoms with Crippen LogP contribution < -0.4 is 0 Å². The highest BCUT2D eigenvalue weighted by Crippen LogP contribution is 2.20. The van der Waals surface area contributed by atoms with E-state index in [1.807, 2.05) is 6.92 Å². The fourth-order valence-corrected chi connectivity index (χ4v) is 3.04. The summed E-state index contributed by atoms with van der Waals surface area (Å²) in [6.45, 7) is 7.90. The molecule has 0 aromatic carbocycles. The van der Waals surface area contributed by atoms with Crippen LogP contribution in [-0.2, 0) is 26.1 Å². The molecule has 2 aromatic heterocycles. The minimum atomic E-state index is 0.622. The molecule has 21 heavy (non-hydrogen) atoms.